The zero-order valence-electron chi connectivity index (χ0n) is 11.3. The summed E-state index contributed by atoms with van der Waals surface area (Å²) in [4.78, 5) is 0. The molecule has 106 valence electrons. The van der Waals surface area contributed by atoms with Gasteiger partial charge in [-0.15, -0.1) is 0 Å². The van der Waals surface area contributed by atoms with Gasteiger partial charge in [-0.25, -0.2) is 0 Å². The molecule has 0 heterocycles. The zero-order valence-corrected chi connectivity index (χ0v) is 12.8. The molecule has 4 heteroatoms. The van der Waals surface area contributed by atoms with E-state index in [1.54, 1.807) is 6.07 Å². The van der Waals surface area contributed by atoms with Crippen molar-refractivity contribution in [2.45, 2.75) is 20.1 Å². The number of benzene rings is 2. The van der Waals surface area contributed by atoms with E-state index < -0.39 is 0 Å². The SMILES string of the molecule is CCOCc1ccccc1NCc1cc(Cl)ccc1Cl. The lowest BCUT2D eigenvalue weighted by atomic mass is 10.1. The highest BCUT2D eigenvalue weighted by molar-refractivity contribution is 6.33. The predicted octanol–water partition coefficient (Wildman–Crippen LogP) is 5.14. The van der Waals surface area contributed by atoms with Crippen LogP contribution in [-0.4, -0.2) is 6.61 Å². The van der Waals surface area contributed by atoms with Crippen LogP contribution in [0.4, 0.5) is 5.69 Å². The van der Waals surface area contributed by atoms with Crippen molar-refractivity contribution in [3.05, 3.63) is 63.6 Å². The van der Waals surface area contributed by atoms with E-state index >= 15 is 0 Å². The molecule has 0 saturated carbocycles. The summed E-state index contributed by atoms with van der Waals surface area (Å²) >= 11 is 12.2. The average Bonchev–Trinajstić information content (AvgIpc) is 2.47. The molecule has 0 aliphatic rings. The Balaban J connectivity index is 2.08. The van der Waals surface area contributed by atoms with Gasteiger partial charge in [-0.1, -0.05) is 41.4 Å². The highest BCUT2D eigenvalue weighted by Gasteiger charge is 2.04. The number of halogens is 2. The second-order valence-corrected chi connectivity index (χ2v) is 5.23. The van der Waals surface area contributed by atoms with Gasteiger partial charge in [-0.2, -0.15) is 0 Å². The van der Waals surface area contributed by atoms with E-state index in [0.717, 1.165) is 16.8 Å². The maximum absolute atomic E-state index is 6.16. The number of nitrogens with one attached hydrogen (secondary N) is 1. The van der Waals surface area contributed by atoms with Crippen LogP contribution in [0.2, 0.25) is 10.0 Å². The third-order valence-corrected chi connectivity index (χ3v) is 3.56. The largest absolute Gasteiger partial charge is 0.381 e. The molecule has 0 aliphatic carbocycles. The van der Waals surface area contributed by atoms with Gasteiger partial charge in [-0.3, -0.25) is 0 Å². The summed E-state index contributed by atoms with van der Waals surface area (Å²) in [5.41, 5.74) is 3.16. The average molecular weight is 310 g/mol. The molecule has 0 bridgehead atoms. The van der Waals surface area contributed by atoms with Crippen LogP contribution in [0.25, 0.3) is 0 Å². The number of anilines is 1. The quantitative estimate of drug-likeness (QED) is 0.797. The molecule has 0 saturated heterocycles. The topological polar surface area (TPSA) is 21.3 Å². The molecule has 0 radical (unpaired) electrons. The minimum absolute atomic E-state index is 0.600. The number of para-hydroxylation sites is 1. The molecule has 0 unspecified atom stereocenters. The highest BCUT2D eigenvalue weighted by atomic mass is 35.5. The van der Waals surface area contributed by atoms with Gasteiger partial charge in [0.15, 0.2) is 0 Å². The summed E-state index contributed by atoms with van der Waals surface area (Å²) < 4.78 is 5.47. The number of hydrogen-bond acceptors (Lipinski definition) is 2. The van der Waals surface area contributed by atoms with Crippen molar-refractivity contribution in [2.75, 3.05) is 11.9 Å². The van der Waals surface area contributed by atoms with Crippen LogP contribution in [0, 0.1) is 0 Å². The Morgan fingerprint density at radius 1 is 1.05 bits per heavy atom. The van der Waals surface area contributed by atoms with Crippen molar-refractivity contribution in [1.29, 1.82) is 0 Å². The van der Waals surface area contributed by atoms with Gasteiger partial charge in [0.2, 0.25) is 0 Å². The molecule has 0 aliphatic heterocycles. The normalized spacial score (nSPS) is 10.6. The van der Waals surface area contributed by atoms with Crippen molar-refractivity contribution in [3.8, 4) is 0 Å². The van der Waals surface area contributed by atoms with Gasteiger partial charge < -0.3 is 10.1 Å². The fourth-order valence-electron chi connectivity index (χ4n) is 1.90. The third kappa shape index (κ3) is 4.14. The van der Waals surface area contributed by atoms with Crippen LogP contribution in [0.15, 0.2) is 42.5 Å². The minimum atomic E-state index is 0.600. The summed E-state index contributed by atoms with van der Waals surface area (Å²) in [7, 11) is 0. The van der Waals surface area contributed by atoms with E-state index in [9.17, 15) is 0 Å². The van der Waals surface area contributed by atoms with Gasteiger partial charge in [0.05, 0.1) is 6.61 Å². The Kier molecular flexibility index (Phi) is 5.72. The summed E-state index contributed by atoms with van der Waals surface area (Å²) in [5, 5.41) is 4.78. The molecule has 0 fully saturated rings. The molecule has 1 N–H and O–H groups in total. The zero-order chi connectivity index (χ0) is 14.4. The van der Waals surface area contributed by atoms with Crippen molar-refractivity contribution in [1.82, 2.24) is 0 Å². The second kappa shape index (κ2) is 7.53. The summed E-state index contributed by atoms with van der Waals surface area (Å²) in [6, 6.07) is 13.6. The number of rotatable bonds is 6. The first-order valence-electron chi connectivity index (χ1n) is 6.54. The lowest BCUT2D eigenvalue weighted by Crippen LogP contribution is -2.04. The van der Waals surface area contributed by atoms with E-state index in [1.807, 2.05) is 37.3 Å². The minimum Gasteiger partial charge on any atom is -0.381 e. The van der Waals surface area contributed by atoms with E-state index in [0.29, 0.717) is 29.8 Å². The molecule has 2 rings (SSSR count). The second-order valence-electron chi connectivity index (χ2n) is 4.38. The Bertz CT molecular complexity index is 572. The van der Waals surface area contributed by atoms with Crippen LogP contribution >= 0.6 is 23.2 Å². The molecule has 0 atom stereocenters. The first-order chi connectivity index (χ1) is 9.70. The van der Waals surface area contributed by atoms with Crippen molar-refractivity contribution < 1.29 is 4.74 Å². The number of ether oxygens (including phenoxy) is 1. The van der Waals surface area contributed by atoms with Crippen molar-refractivity contribution in [3.63, 3.8) is 0 Å². The fourth-order valence-corrected chi connectivity index (χ4v) is 2.28. The molecule has 20 heavy (non-hydrogen) atoms. The Hall–Kier alpha value is -1.22. The van der Waals surface area contributed by atoms with Crippen LogP contribution in [0.1, 0.15) is 18.1 Å². The Labute approximate surface area is 129 Å². The maximum Gasteiger partial charge on any atom is 0.0736 e. The van der Waals surface area contributed by atoms with E-state index in [1.165, 1.54) is 0 Å². The molecule has 0 spiro atoms. The molecule has 0 aromatic heterocycles. The summed E-state index contributed by atoms with van der Waals surface area (Å²) in [6.45, 7) is 3.92. The smallest absolute Gasteiger partial charge is 0.0736 e. The number of hydrogen-bond donors (Lipinski definition) is 1. The Morgan fingerprint density at radius 3 is 2.65 bits per heavy atom. The van der Waals surface area contributed by atoms with Crippen LogP contribution in [0.5, 0.6) is 0 Å². The molecule has 2 aromatic carbocycles. The van der Waals surface area contributed by atoms with Gasteiger partial charge in [0.1, 0.15) is 0 Å². The van der Waals surface area contributed by atoms with Gasteiger partial charge in [0, 0.05) is 34.4 Å². The summed E-state index contributed by atoms with van der Waals surface area (Å²) in [6.07, 6.45) is 0. The fraction of sp³-hybridized carbons (Fsp3) is 0.250. The van der Waals surface area contributed by atoms with E-state index in [4.69, 9.17) is 27.9 Å². The monoisotopic (exact) mass is 309 g/mol. The standard InChI is InChI=1S/C16H17Cl2NO/c1-2-20-11-12-5-3-4-6-16(12)19-10-13-9-14(17)7-8-15(13)18/h3-9,19H,2,10-11H2,1H3. The van der Waals surface area contributed by atoms with Crippen LogP contribution in [0.3, 0.4) is 0 Å². The lowest BCUT2D eigenvalue weighted by molar-refractivity contribution is 0.134. The summed E-state index contributed by atoms with van der Waals surface area (Å²) in [5.74, 6) is 0. The van der Waals surface area contributed by atoms with Crippen molar-refractivity contribution in [2.24, 2.45) is 0 Å². The first-order valence-corrected chi connectivity index (χ1v) is 7.29. The van der Waals surface area contributed by atoms with Gasteiger partial charge in [0.25, 0.3) is 0 Å². The van der Waals surface area contributed by atoms with Crippen molar-refractivity contribution >= 4 is 28.9 Å². The van der Waals surface area contributed by atoms with Gasteiger partial charge in [-0.05, 0) is 36.8 Å². The maximum atomic E-state index is 6.16. The predicted molar refractivity (Wildman–Crippen MR) is 85.6 cm³/mol. The lowest BCUT2D eigenvalue weighted by Gasteiger charge is -2.13. The highest BCUT2D eigenvalue weighted by Crippen LogP contribution is 2.23. The van der Waals surface area contributed by atoms with E-state index in [-0.39, 0.29) is 0 Å². The molecule has 0 amide bonds. The van der Waals surface area contributed by atoms with E-state index in [2.05, 4.69) is 11.4 Å². The molecule has 2 nitrogen and oxygen atoms in total. The molecule has 2 aromatic rings. The molecular weight excluding hydrogens is 293 g/mol. The Morgan fingerprint density at radius 2 is 1.85 bits per heavy atom. The molecular formula is C16H17Cl2NO. The van der Waals surface area contributed by atoms with Crippen LogP contribution in [-0.2, 0) is 17.9 Å². The van der Waals surface area contributed by atoms with Crippen LogP contribution < -0.4 is 5.32 Å². The van der Waals surface area contributed by atoms with Gasteiger partial charge >= 0.3 is 0 Å². The third-order valence-electron chi connectivity index (χ3n) is 2.96. The first kappa shape index (κ1) is 15.2.